The molecule has 1 saturated carbocycles. The Kier molecular flexibility index (Phi) is 6.48. The van der Waals surface area contributed by atoms with Gasteiger partial charge in [0, 0.05) is 36.1 Å². The molecule has 0 radical (unpaired) electrons. The predicted molar refractivity (Wildman–Crippen MR) is 106 cm³/mol. The minimum absolute atomic E-state index is 0.347. The van der Waals surface area contributed by atoms with Gasteiger partial charge in [-0.05, 0) is 57.8 Å². The van der Waals surface area contributed by atoms with Gasteiger partial charge in [-0.1, -0.05) is 19.3 Å². The molecule has 0 bridgehead atoms. The van der Waals surface area contributed by atoms with Crippen molar-refractivity contribution in [3.63, 3.8) is 0 Å². The van der Waals surface area contributed by atoms with Crippen LogP contribution in [-0.4, -0.2) is 34.6 Å². The highest BCUT2D eigenvalue weighted by atomic mass is 32.1. The van der Waals surface area contributed by atoms with Crippen molar-refractivity contribution in [3.05, 3.63) is 23.0 Å². The highest BCUT2D eigenvalue weighted by Crippen LogP contribution is 2.19. The number of nitrogens with one attached hydrogen (secondary N) is 2. The molecule has 138 valence electrons. The van der Waals surface area contributed by atoms with E-state index in [2.05, 4.69) is 40.3 Å². The molecular formula is C19H30N4OS. The minimum atomic E-state index is 0.347. The molecule has 6 heteroatoms. The Hall–Kier alpha value is -1.40. The molecule has 2 N–H and O–H groups in total. The summed E-state index contributed by atoms with van der Waals surface area (Å²) in [6, 6.07) is 2.67. The van der Waals surface area contributed by atoms with Crippen molar-refractivity contribution in [1.82, 2.24) is 15.3 Å². The van der Waals surface area contributed by atoms with Crippen LogP contribution in [0.2, 0.25) is 0 Å². The van der Waals surface area contributed by atoms with E-state index in [1.54, 1.807) is 0 Å². The molecule has 1 aromatic heterocycles. The van der Waals surface area contributed by atoms with Crippen LogP contribution in [-0.2, 0) is 11.3 Å². The van der Waals surface area contributed by atoms with Crippen molar-refractivity contribution in [3.8, 4) is 0 Å². The number of thiocarbonyl (C=S) groups is 1. The largest absolute Gasteiger partial charge is 0.376 e. The fraction of sp³-hybridized carbons (Fsp3) is 0.684. The van der Waals surface area contributed by atoms with Gasteiger partial charge in [0.15, 0.2) is 5.11 Å². The van der Waals surface area contributed by atoms with Crippen LogP contribution in [0.4, 0.5) is 0 Å². The zero-order chi connectivity index (χ0) is 17.6. The first-order valence-corrected chi connectivity index (χ1v) is 9.92. The standard InChI is InChI=1S/C19H30N4OS/c1-14-11-16(15(2)23(14)13-18-9-6-10-24-18)12-20-22-19(25)21-17-7-4-3-5-8-17/h11-12,17-18H,3-10,13H2,1-2H3,(H2,21,22,25)/b20-12-/t18-/m0/s1. The first-order valence-electron chi connectivity index (χ1n) is 9.51. The molecule has 1 aromatic rings. The van der Waals surface area contributed by atoms with Crippen LogP contribution < -0.4 is 10.7 Å². The Labute approximate surface area is 156 Å². The Bertz CT molecular complexity index is 613. The third-order valence-corrected chi connectivity index (χ3v) is 5.54. The Morgan fingerprint density at radius 2 is 2.08 bits per heavy atom. The maximum atomic E-state index is 5.77. The Morgan fingerprint density at radius 3 is 2.80 bits per heavy atom. The van der Waals surface area contributed by atoms with Crippen molar-refractivity contribution >= 4 is 23.5 Å². The number of aromatic nitrogens is 1. The summed E-state index contributed by atoms with van der Waals surface area (Å²) in [5.41, 5.74) is 6.57. The van der Waals surface area contributed by atoms with Crippen molar-refractivity contribution in [2.45, 2.75) is 77.5 Å². The van der Waals surface area contributed by atoms with Crippen LogP contribution in [0.5, 0.6) is 0 Å². The van der Waals surface area contributed by atoms with Crippen LogP contribution in [0.15, 0.2) is 11.2 Å². The maximum absolute atomic E-state index is 5.77. The number of hydrogen-bond donors (Lipinski definition) is 2. The lowest BCUT2D eigenvalue weighted by Crippen LogP contribution is -2.40. The van der Waals surface area contributed by atoms with Crippen molar-refractivity contribution in [2.24, 2.45) is 5.10 Å². The van der Waals surface area contributed by atoms with Crippen LogP contribution >= 0.6 is 12.2 Å². The van der Waals surface area contributed by atoms with Crippen molar-refractivity contribution < 1.29 is 4.74 Å². The minimum Gasteiger partial charge on any atom is -0.376 e. The van der Waals surface area contributed by atoms with E-state index in [4.69, 9.17) is 17.0 Å². The van der Waals surface area contributed by atoms with Gasteiger partial charge in [0.2, 0.25) is 0 Å². The molecule has 5 nitrogen and oxygen atoms in total. The van der Waals surface area contributed by atoms with E-state index in [1.165, 1.54) is 49.9 Å². The van der Waals surface area contributed by atoms with Crippen molar-refractivity contribution in [2.75, 3.05) is 6.61 Å². The second-order valence-electron chi connectivity index (χ2n) is 7.25. The number of ether oxygens (including phenoxy) is 1. The van der Waals surface area contributed by atoms with Gasteiger partial charge >= 0.3 is 0 Å². The van der Waals surface area contributed by atoms with E-state index >= 15 is 0 Å². The summed E-state index contributed by atoms with van der Waals surface area (Å²) in [6.07, 6.45) is 10.9. The highest BCUT2D eigenvalue weighted by molar-refractivity contribution is 7.80. The third kappa shape index (κ3) is 5.05. The predicted octanol–water partition coefficient (Wildman–Crippen LogP) is 3.41. The van der Waals surface area contributed by atoms with Gasteiger partial charge in [0.25, 0.3) is 0 Å². The van der Waals surface area contributed by atoms with Crippen LogP contribution in [0.3, 0.4) is 0 Å². The number of nitrogens with zero attached hydrogens (tertiary/aromatic N) is 2. The second-order valence-corrected chi connectivity index (χ2v) is 7.66. The van der Waals surface area contributed by atoms with E-state index in [9.17, 15) is 0 Å². The number of hydrogen-bond acceptors (Lipinski definition) is 3. The lowest BCUT2D eigenvalue weighted by atomic mass is 9.96. The van der Waals surface area contributed by atoms with Gasteiger partial charge in [0.1, 0.15) is 0 Å². The van der Waals surface area contributed by atoms with Gasteiger partial charge in [0.05, 0.1) is 12.3 Å². The molecule has 2 fully saturated rings. The van der Waals surface area contributed by atoms with E-state index < -0.39 is 0 Å². The van der Waals surface area contributed by atoms with Gasteiger partial charge in [-0.25, -0.2) is 0 Å². The third-order valence-electron chi connectivity index (χ3n) is 5.33. The average Bonchev–Trinajstić information content (AvgIpc) is 3.20. The lowest BCUT2D eigenvalue weighted by Gasteiger charge is -2.23. The molecule has 2 heterocycles. The van der Waals surface area contributed by atoms with E-state index in [1.807, 2.05) is 6.21 Å². The molecule has 0 aromatic carbocycles. The Morgan fingerprint density at radius 1 is 1.28 bits per heavy atom. The smallest absolute Gasteiger partial charge is 0.187 e. The first kappa shape index (κ1) is 18.4. The molecule has 0 unspecified atom stereocenters. The summed E-state index contributed by atoms with van der Waals surface area (Å²) in [6.45, 7) is 6.11. The first-order chi connectivity index (χ1) is 12.1. The fourth-order valence-corrected chi connectivity index (χ4v) is 4.08. The second kappa shape index (κ2) is 8.81. The molecule has 25 heavy (non-hydrogen) atoms. The van der Waals surface area contributed by atoms with Gasteiger partial charge in [-0.3, -0.25) is 5.43 Å². The monoisotopic (exact) mass is 362 g/mol. The molecule has 1 saturated heterocycles. The van der Waals surface area contributed by atoms with E-state index in [-0.39, 0.29) is 0 Å². The summed E-state index contributed by atoms with van der Waals surface area (Å²) in [5.74, 6) is 0. The summed E-state index contributed by atoms with van der Waals surface area (Å²) in [7, 11) is 0. The SMILES string of the molecule is Cc1cc(/C=N\NC(=S)NC2CCCCC2)c(C)n1C[C@@H]1CCCO1. The molecule has 3 rings (SSSR count). The molecule has 1 aliphatic carbocycles. The van der Waals surface area contributed by atoms with Gasteiger partial charge in [-0.15, -0.1) is 0 Å². The van der Waals surface area contributed by atoms with Crippen LogP contribution in [0, 0.1) is 13.8 Å². The van der Waals surface area contributed by atoms with Crippen molar-refractivity contribution in [1.29, 1.82) is 0 Å². The van der Waals surface area contributed by atoms with Crippen LogP contribution in [0.25, 0.3) is 0 Å². The summed E-state index contributed by atoms with van der Waals surface area (Å²) in [5, 5.41) is 8.32. The zero-order valence-corrected chi connectivity index (χ0v) is 16.2. The number of hydrazone groups is 1. The summed E-state index contributed by atoms with van der Waals surface area (Å²) >= 11 is 5.35. The number of rotatable bonds is 5. The molecule has 1 atom stereocenters. The normalized spacial score (nSPS) is 21.8. The van der Waals surface area contributed by atoms with Crippen LogP contribution in [0.1, 0.15) is 61.9 Å². The lowest BCUT2D eigenvalue weighted by molar-refractivity contribution is 0.0962. The number of aryl methyl sites for hydroxylation is 1. The van der Waals surface area contributed by atoms with Gasteiger partial charge in [-0.2, -0.15) is 5.10 Å². The topological polar surface area (TPSA) is 50.6 Å². The summed E-state index contributed by atoms with van der Waals surface area (Å²) < 4.78 is 8.10. The summed E-state index contributed by atoms with van der Waals surface area (Å²) in [4.78, 5) is 0. The maximum Gasteiger partial charge on any atom is 0.187 e. The average molecular weight is 363 g/mol. The van der Waals surface area contributed by atoms with E-state index in [0.717, 1.165) is 25.1 Å². The molecule has 0 spiro atoms. The fourth-order valence-electron chi connectivity index (χ4n) is 3.86. The molecule has 0 amide bonds. The quantitative estimate of drug-likeness (QED) is 0.479. The molecular weight excluding hydrogens is 332 g/mol. The molecule has 2 aliphatic rings. The molecule has 1 aliphatic heterocycles. The Balaban J connectivity index is 1.53. The zero-order valence-electron chi connectivity index (χ0n) is 15.4. The highest BCUT2D eigenvalue weighted by Gasteiger charge is 2.18. The van der Waals surface area contributed by atoms with E-state index in [0.29, 0.717) is 17.3 Å². The van der Waals surface area contributed by atoms with Gasteiger partial charge < -0.3 is 14.6 Å².